The molecular weight excluding hydrogens is 409 g/mol. The van der Waals surface area contributed by atoms with Gasteiger partial charge >= 0.3 is 6.36 Å². The molecule has 1 aromatic heterocycles. The summed E-state index contributed by atoms with van der Waals surface area (Å²) in [6, 6.07) is 12.3. The van der Waals surface area contributed by atoms with Gasteiger partial charge in [0, 0.05) is 47.7 Å². The van der Waals surface area contributed by atoms with Crippen LogP contribution in [-0.2, 0) is 12.8 Å². The number of nitrogens with zero attached hydrogens (tertiary/aromatic N) is 2. The van der Waals surface area contributed by atoms with Crippen molar-refractivity contribution in [3.8, 4) is 28.0 Å². The Morgan fingerprint density at radius 1 is 0.900 bits per heavy atom. The van der Waals surface area contributed by atoms with E-state index in [1.165, 1.54) is 28.9 Å². The lowest BCUT2D eigenvalue weighted by molar-refractivity contribution is -0.274. The maximum atomic E-state index is 12.8. The fourth-order valence-corrected chi connectivity index (χ4v) is 4.57. The number of hydrogen-bond acceptors (Lipinski definition) is 3. The van der Waals surface area contributed by atoms with E-state index in [0.29, 0.717) is 11.1 Å². The van der Waals surface area contributed by atoms with E-state index in [2.05, 4.69) is 26.8 Å². The van der Waals surface area contributed by atoms with Crippen LogP contribution in [0.1, 0.15) is 17.5 Å². The van der Waals surface area contributed by atoms with Crippen molar-refractivity contribution in [1.29, 1.82) is 0 Å². The number of thiocarbonyl (C=S) groups is 1. The third kappa shape index (κ3) is 3.43. The number of para-hydroxylation sites is 1. The Morgan fingerprint density at radius 2 is 1.63 bits per heavy atom. The number of benzene rings is 2. The van der Waals surface area contributed by atoms with Gasteiger partial charge in [-0.3, -0.25) is 4.98 Å². The fourth-order valence-electron chi connectivity index (χ4n) is 4.29. The monoisotopic (exact) mass is 426 g/mol. The minimum atomic E-state index is -4.75. The van der Waals surface area contributed by atoms with E-state index in [1.54, 1.807) is 24.5 Å². The predicted molar refractivity (Wildman–Crippen MR) is 114 cm³/mol. The summed E-state index contributed by atoms with van der Waals surface area (Å²) in [5.74, 6) is -0.239. The number of aryl methyl sites for hydroxylation is 1. The Bertz CT molecular complexity index is 1160. The van der Waals surface area contributed by atoms with Gasteiger partial charge in [-0.25, -0.2) is 0 Å². The van der Waals surface area contributed by atoms with Crippen LogP contribution in [0.2, 0.25) is 0 Å². The van der Waals surface area contributed by atoms with Gasteiger partial charge in [-0.05, 0) is 53.8 Å². The summed E-state index contributed by atoms with van der Waals surface area (Å²) in [7, 11) is 0. The molecule has 3 nitrogen and oxygen atoms in total. The predicted octanol–water partition coefficient (Wildman–Crippen LogP) is 5.95. The number of alkyl halides is 3. The molecule has 0 amide bonds. The second-order valence-electron chi connectivity index (χ2n) is 7.44. The highest BCUT2D eigenvalue weighted by Crippen LogP contribution is 2.41. The first-order chi connectivity index (χ1) is 14.4. The van der Waals surface area contributed by atoms with Gasteiger partial charge in [0.25, 0.3) is 0 Å². The maximum Gasteiger partial charge on any atom is 0.573 e. The Morgan fingerprint density at radius 3 is 2.43 bits per heavy atom. The second-order valence-corrected chi connectivity index (χ2v) is 7.92. The molecule has 0 unspecified atom stereocenters. The molecule has 0 saturated carbocycles. The molecule has 152 valence electrons. The molecule has 30 heavy (non-hydrogen) atoms. The zero-order chi connectivity index (χ0) is 20.9. The third-order valence-corrected chi connectivity index (χ3v) is 5.97. The lowest BCUT2D eigenvalue weighted by Gasteiger charge is -2.28. The first-order valence-corrected chi connectivity index (χ1v) is 10.1. The van der Waals surface area contributed by atoms with Crippen LogP contribution in [0.4, 0.5) is 18.9 Å². The van der Waals surface area contributed by atoms with E-state index in [-0.39, 0.29) is 5.75 Å². The van der Waals surface area contributed by atoms with Crippen LogP contribution in [0.3, 0.4) is 0 Å². The molecule has 2 aliphatic rings. The molecule has 0 spiro atoms. The van der Waals surface area contributed by atoms with Crippen molar-refractivity contribution in [2.24, 2.45) is 0 Å². The molecule has 0 bridgehead atoms. The molecule has 0 fully saturated rings. The van der Waals surface area contributed by atoms with Gasteiger partial charge in [-0.1, -0.05) is 30.4 Å². The number of hydrogen-bond donors (Lipinski definition) is 0. The fraction of sp³-hybridized carbons (Fsp3) is 0.217. The standard InChI is InChI=1S/C23H17F3N2OS/c24-23(25,26)29-20-4-2-1-3-19(20)18-11-17(12-27-13-18)16-9-14-5-6-21(30)28-8-7-15(10-16)22(14)28/h1-4,9-13H,5-8H2. The molecule has 3 heterocycles. The molecule has 7 heteroatoms. The van der Waals surface area contributed by atoms with Crippen LogP contribution >= 0.6 is 12.2 Å². The lowest BCUT2D eigenvalue weighted by atomic mass is 9.93. The van der Waals surface area contributed by atoms with Gasteiger partial charge in [0.1, 0.15) is 5.75 Å². The minimum absolute atomic E-state index is 0.239. The van der Waals surface area contributed by atoms with Crippen LogP contribution in [0.25, 0.3) is 22.3 Å². The van der Waals surface area contributed by atoms with Gasteiger partial charge in [-0.2, -0.15) is 0 Å². The summed E-state index contributed by atoms with van der Waals surface area (Å²) < 4.78 is 42.6. The maximum absolute atomic E-state index is 12.8. The highest BCUT2D eigenvalue weighted by atomic mass is 32.1. The number of pyridine rings is 1. The Kier molecular flexibility index (Phi) is 4.50. The van der Waals surface area contributed by atoms with Crippen LogP contribution < -0.4 is 9.64 Å². The highest BCUT2D eigenvalue weighted by molar-refractivity contribution is 7.80. The second kappa shape index (κ2) is 7.09. The smallest absolute Gasteiger partial charge is 0.405 e. The molecule has 0 saturated heterocycles. The minimum Gasteiger partial charge on any atom is -0.405 e. The van der Waals surface area contributed by atoms with Gasteiger partial charge < -0.3 is 9.64 Å². The van der Waals surface area contributed by atoms with Crippen molar-refractivity contribution in [3.63, 3.8) is 0 Å². The molecular formula is C23H17F3N2OS. The summed E-state index contributed by atoms with van der Waals surface area (Å²) in [4.78, 5) is 7.52. The molecule has 0 radical (unpaired) electrons. The van der Waals surface area contributed by atoms with E-state index in [1.807, 2.05) is 6.07 Å². The van der Waals surface area contributed by atoms with E-state index < -0.39 is 6.36 Å². The summed E-state index contributed by atoms with van der Waals surface area (Å²) in [5.41, 5.74) is 6.56. The first-order valence-electron chi connectivity index (χ1n) is 9.66. The largest absolute Gasteiger partial charge is 0.573 e. The van der Waals surface area contributed by atoms with Crippen LogP contribution in [0.5, 0.6) is 5.75 Å². The van der Waals surface area contributed by atoms with Crippen molar-refractivity contribution in [1.82, 2.24) is 4.98 Å². The van der Waals surface area contributed by atoms with Crippen LogP contribution in [0.15, 0.2) is 54.9 Å². The first kappa shape index (κ1) is 19.1. The average molecular weight is 426 g/mol. The molecule has 0 N–H and O–H groups in total. The van der Waals surface area contributed by atoms with Crippen molar-refractivity contribution >= 4 is 22.9 Å². The summed E-state index contributed by atoms with van der Waals surface area (Å²) in [5, 5.41) is 0. The molecule has 0 atom stereocenters. The van der Waals surface area contributed by atoms with E-state index in [0.717, 1.165) is 41.9 Å². The van der Waals surface area contributed by atoms with Gasteiger partial charge in [0.15, 0.2) is 0 Å². The number of aromatic nitrogens is 1. The van der Waals surface area contributed by atoms with Crippen molar-refractivity contribution in [2.45, 2.75) is 25.6 Å². The number of anilines is 1. The molecule has 3 aromatic rings. The van der Waals surface area contributed by atoms with Crippen molar-refractivity contribution < 1.29 is 17.9 Å². The quantitative estimate of drug-likeness (QED) is 0.483. The molecule has 0 aliphatic carbocycles. The van der Waals surface area contributed by atoms with Crippen LogP contribution in [0, 0.1) is 0 Å². The highest BCUT2D eigenvalue weighted by Gasteiger charge is 2.32. The van der Waals surface area contributed by atoms with Crippen LogP contribution in [-0.4, -0.2) is 22.9 Å². The lowest BCUT2D eigenvalue weighted by Crippen LogP contribution is -2.31. The Balaban J connectivity index is 1.56. The number of ether oxygens (including phenoxy) is 1. The van der Waals surface area contributed by atoms with Gasteiger partial charge in [0.05, 0.1) is 4.99 Å². The Labute approximate surface area is 177 Å². The summed E-state index contributed by atoms with van der Waals surface area (Å²) >= 11 is 5.51. The summed E-state index contributed by atoms with van der Waals surface area (Å²) in [6.07, 6.45) is 1.25. The van der Waals surface area contributed by atoms with Gasteiger partial charge in [-0.15, -0.1) is 13.2 Å². The summed E-state index contributed by atoms with van der Waals surface area (Å²) in [6.45, 7) is 0.908. The molecule has 5 rings (SSSR count). The zero-order valence-corrected chi connectivity index (χ0v) is 16.7. The topological polar surface area (TPSA) is 25.4 Å². The SMILES string of the molecule is FC(F)(F)Oc1ccccc1-c1cncc(-c2cc3c4c(c2)CCN4C(=S)CC3)c1. The van der Waals surface area contributed by atoms with E-state index in [4.69, 9.17) is 12.2 Å². The number of rotatable bonds is 3. The number of halogens is 3. The van der Waals surface area contributed by atoms with Crippen molar-refractivity contribution in [2.75, 3.05) is 11.4 Å². The Hall–Kier alpha value is -2.93. The normalized spacial score (nSPS) is 15.3. The molecule has 2 aliphatic heterocycles. The van der Waals surface area contributed by atoms with E-state index >= 15 is 0 Å². The zero-order valence-electron chi connectivity index (χ0n) is 15.9. The molecule has 2 aromatic carbocycles. The van der Waals surface area contributed by atoms with E-state index in [9.17, 15) is 13.2 Å². The van der Waals surface area contributed by atoms with Crippen molar-refractivity contribution in [3.05, 3.63) is 66.0 Å². The third-order valence-electron chi connectivity index (χ3n) is 5.55. The average Bonchev–Trinajstić information content (AvgIpc) is 3.15. The van der Waals surface area contributed by atoms with Gasteiger partial charge in [0.2, 0.25) is 0 Å².